The predicted molar refractivity (Wildman–Crippen MR) is 119 cm³/mol. The van der Waals surface area contributed by atoms with E-state index in [9.17, 15) is 24.5 Å². The molecule has 1 unspecified atom stereocenters. The fraction of sp³-hybridized carbons (Fsp3) is 0.227. The molecule has 0 fully saturated rings. The van der Waals surface area contributed by atoms with Gasteiger partial charge in [0.2, 0.25) is 12.5 Å². The van der Waals surface area contributed by atoms with E-state index < -0.39 is 52.6 Å². The molecule has 0 spiro atoms. The summed E-state index contributed by atoms with van der Waals surface area (Å²) in [6, 6.07) is 10.1. The monoisotopic (exact) mass is 500 g/mol. The standard InChI is InChI=1S/C22H20N4O10/c1-12(36-22(29)30)18-19(24-25(23-18)11-35-21(28)13-7-5-4-6-8-13)20(27)14-9-16(33-2)17(34-3)10-15(14)26(31)32/h4-10,12H,11H2,1-3H3,(H,29,30). The van der Waals surface area contributed by atoms with Crippen LogP contribution in [-0.4, -0.2) is 57.2 Å². The molecule has 0 amide bonds. The summed E-state index contributed by atoms with van der Waals surface area (Å²) in [5.74, 6) is -1.63. The fourth-order valence-electron chi connectivity index (χ4n) is 3.16. The average molecular weight is 500 g/mol. The van der Waals surface area contributed by atoms with Crippen molar-refractivity contribution >= 4 is 23.6 Å². The van der Waals surface area contributed by atoms with Crippen molar-refractivity contribution in [3.8, 4) is 11.5 Å². The molecule has 0 aliphatic heterocycles. The van der Waals surface area contributed by atoms with E-state index >= 15 is 0 Å². The first-order chi connectivity index (χ1) is 17.2. The van der Waals surface area contributed by atoms with E-state index in [1.165, 1.54) is 33.3 Å². The van der Waals surface area contributed by atoms with Crippen molar-refractivity contribution in [3.05, 3.63) is 75.1 Å². The summed E-state index contributed by atoms with van der Waals surface area (Å²) in [5, 5.41) is 28.7. The Morgan fingerprint density at radius 2 is 1.72 bits per heavy atom. The van der Waals surface area contributed by atoms with Crippen LogP contribution in [0.15, 0.2) is 42.5 Å². The molecule has 0 aliphatic carbocycles. The SMILES string of the molecule is COc1cc(C(=O)c2nn(COC(=O)c3ccccc3)nc2C(C)OC(=O)O)c([N+](=O)[O-])cc1OC. The maximum Gasteiger partial charge on any atom is 0.506 e. The van der Waals surface area contributed by atoms with E-state index in [0.29, 0.717) is 0 Å². The van der Waals surface area contributed by atoms with Crippen molar-refractivity contribution in [1.82, 2.24) is 15.0 Å². The molecule has 0 radical (unpaired) electrons. The summed E-state index contributed by atoms with van der Waals surface area (Å²) in [4.78, 5) is 48.4. The van der Waals surface area contributed by atoms with Gasteiger partial charge in [0.15, 0.2) is 17.2 Å². The molecule has 1 atom stereocenters. The summed E-state index contributed by atoms with van der Waals surface area (Å²) >= 11 is 0. The molecule has 0 bridgehead atoms. The van der Waals surface area contributed by atoms with Gasteiger partial charge in [0.1, 0.15) is 17.4 Å². The van der Waals surface area contributed by atoms with Crippen LogP contribution in [0.25, 0.3) is 0 Å². The Morgan fingerprint density at radius 1 is 1.08 bits per heavy atom. The summed E-state index contributed by atoms with van der Waals surface area (Å²) in [5.41, 5.74) is -1.47. The highest BCUT2D eigenvalue weighted by Gasteiger charge is 2.32. The maximum absolute atomic E-state index is 13.4. The molecule has 188 valence electrons. The second-order valence-electron chi connectivity index (χ2n) is 7.07. The number of methoxy groups -OCH3 is 2. The van der Waals surface area contributed by atoms with Crippen LogP contribution in [0, 0.1) is 10.1 Å². The number of nitro groups is 1. The lowest BCUT2D eigenvalue weighted by atomic mass is 10.0. The number of carboxylic acid groups (broad SMARTS) is 1. The predicted octanol–water partition coefficient (Wildman–Crippen LogP) is 3.00. The van der Waals surface area contributed by atoms with Crippen molar-refractivity contribution < 1.29 is 43.4 Å². The topological polar surface area (TPSA) is 182 Å². The van der Waals surface area contributed by atoms with Gasteiger partial charge < -0.3 is 24.1 Å². The molecular formula is C22H20N4O10. The fourth-order valence-corrected chi connectivity index (χ4v) is 3.16. The van der Waals surface area contributed by atoms with E-state index in [-0.39, 0.29) is 22.8 Å². The molecule has 1 aromatic heterocycles. The van der Waals surface area contributed by atoms with Crippen molar-refractivity contribution in [2.24, 2.45) is 0 Å². The number of rotatable bonds is 10. The van der Waals surface area contributed by atoms with Crippen LogP contribution in [0.1, 0.15) is 45.1 Å². The highest BCUT2D eigenvalue weighted by Crippen LogP contribution is 2.36. The number of ketones is 1. The zero-order valence-corrected chi connectivity index (χ0v) is 19.2. The van der Waals surface area contributed by atoms with E-state index in [4.69, 9.17) is 24.1 Å². The second-order valence-corrected chi connectivity index (χ2v) is 7.07. The molecule has 14 heteroatoms. The highest BCUT2D eigenvalue weighted by atomic mass is 16.7. The number of aromatic nitrogens is 3. The molecule has 2 aromatic carbocycles. The quantitative estimate of drug-likeness (QED) is 0.186. The van der Waals surface area contributed by atoms with E-state index in [2.05, 4.69) is 10.2 Å². The summed E-state index contributed by atoms with van der Waals surface area (Å²) in [6.45, 7) is 0.750. The Morgan fingerprint density at radius 3 is 2.31 bits per heavy atom. The van der Waals surface area contributed by atoms with Crippen molar-refractivity contribution in [3.63, 3.8) is 0 Å². The first-order valence-electron chi connectivity index (χ1n) is 10.2. The van der Waals surface area contributed by atoms with Crippen molar-refractivity contribution in [2.45, 2.75) is 19.8 Å². The third kappa shape index (κ3) is 5.55. The number of ether oxygens (including phenoxy) is 4. The van der Waals surface area contributed by atoms with Gasteiger partial charge in [-0.1, -0.05) is 18.2 Å². The van der Waals surface area contributed by atoms with E-state index in [1.54, 1.807) is 18.2 Å². The number of hydrogen-bond acceptors (Lipinski definition) is 11. The smallest absolute Gasteiger partial charge is 0.493 e. The molecule has 1 heterocycles. The number of hydrogen-bond donors (Lipinski definition) is 1. The third-order valence-corrected chi connectivity index (χ3v) is 4.82. The normalized spacial score (nSPS) is 11.3. The Balaban J connectivity index is 2.02. The molecule has 3 aromatic rings. The first-order valence-corrected chi connectivity index (χ1v) is 10.2. The molecule has 0 saturated carbocycles. The van der Waals surface area contributed by atoms with Crippen LogP contribution < -0.4 is 9.47 Å². The number of esters is 1. The molecule has 0 saturated heterocycles. The summed E-state index contributed by atoms with van der Waals surface area (Å²) in [7, 11) is 2.55. The van der Waals surface area contributed by atoms with Crippen LogP contribution in [-0.2, 0) is 16.2 Å². The molecular weight excluding hydrogens is 480 g/mol. The van der Waals surface area contributed by atoms with Gasteiger partial charge in [0, 0.05) is 6.07 Å². The van der Waals surface area contributed by atoms with E-state index in [1.807, 2.05) is 0 Å². The minimum atomic E-state index is -1.65. The molecule has 3 rings (SSSR count). The van der Waals surface area contributed by atoms with Gasteiger partial charge in [-0.25, -0.2) is 9.59 Å². The van der Waals surface area contributed by atoms with Crippen molar-refractivity contribution in [2.75, 3.05) is 14.2 Å². The largest absolute Gasteiger partial charge is 0.506 e. The number of carbonyl (C=O) groups is 3. The van der Waals surface area contributed by atoms with Gasteiger partial charge in [-0.2, -0.15) is 5.10 Å². The number of benzene rings is 2. The van der Waals surface area contributed by atoms with Crippen LogP contribution in [0.5, 0.6) is 11.5 Å². The van der Waals surface area contributed by atoms with Crippen molar-refractivity contribution in [1.29, 1.82) is 0 Å². The minimum absolute atomic E-state index is 0.0139. The zero-order chi connectivity index (χ0) is 26.4. The summed E-state index contributed by atoms with van der Waals surface area (Å²) < 4.78 is 20.0. The number of nitrogens with zero attached hydrogens (tertiary/aromatic N) is 4. The number of nitro benzene ring substituents is 1. The Hall–Kier alpha value is -5.01. The third-order valence-electron chi connectivity index (χ3n) is 4.82. The van der Waals surface area contributed by atoms with E-state index in [0.717, 1.165) is 16.9 Å². The highest BCUT2D eigenvalue weighted by molar-refractivity contribution is 6.11. The lowest BCUT2D eigenvalue weighted by Gasteiger charge is -2.11. The zero-order valence-electron chi connectivity index (χ0n) is 19.2. The van der Waals surface area contributed by atoms with Gasteiger partial charge in [-0.15, -0.1) is 9.90 Å². The minimum Gasteiger partial charge on any atom is -0.493 e. The maximum atomic E-state index is 13.4. The van der Waals surface area contributed by atoms with Crippen LogP contribution in [0.4, 0.5) is 10.5 Å². The Bertz CT molecular complexity index is 1310. The van der Waals surface area contributed by atoms with Gasteiger partial charge in [0.25, 0.3) is 5.69 Å². The van der Waals surface area contributed by atoms with Gasteiger partial charge in [0.05, 0.1) is 30.8 Å². The average Bonchev–Trinajstić information content (AvgIpc) is 3.30. The van der Waals surface area contributed by atoms with Gasteiger partial charge in [-0.05, 0) is 19.1 Å². The first kappa shape index (κ1) is 25.6. The molecule has 1 N–H and O–H groups in total. The number of carbonyl (C=O) groups excluding carboxylic acids is 2. The van der Waals surface area contributed by atoms with Crippen LogP contribution in [0.3, 0.4) is 0 Å². The molecule has 36 heavy (non-hydrogen) atoms. The van der Waals surface area contributed by atoms with Crippen LogP contribution in [0.2, 0.25) is 0 Å². The lowest BCUT2D eigenvalue weighted by molar-refractivity contribution is -0.385. The van der Waals surface area contributed by atoms with Gasteiger partial charge in [-0.3, -0.25) is 14.9 Å². The lowest BCUT2D eigenvalue weighted by Crippen LogP contribution is -2.13. The Kier molecular flexibility index (Phi) is 7.79. The molecule has 14 nitrogen and oxygen atoms in total. The van der Waals surface area contributed by atoms with Crippen LogP contribution >= 0.6 is 0 Å². The second kappa shape index (κ2) is 10.9. The molecule has 0 aliphatic rings. The van der Waals surface area contributed by atoms with Gasteiger partial charge >= 0.3 is 12.1 Å². The Labute approximate surface area is 203 Å². The summed E-state index contributed by atoms with van der Waals surface area (Å²) in [6.07, 6.45) is -2.94.